The number of fused-ring (bicyclic) bond motifs is 1. The maximum Gasteiger partial charge on any atom is 0.325 e. The molecule has 1 aromatic carbocycles. The lowest BCUT2D eigenvalue weighted by atomic mass is 9.99. The highest BCUT2D eigenvalue weighted by Gasteiger charge is 2.37. The summed E-state index contributed by atoms with van der Waals surface area (Å²) in [5.74, 6) is -0.0396. The molecule has 2 amide bonds. The van der Waals surface area contributed by atoms with Gasteiger partial charge < -0.3 is 19.1 Å². The summed E-state index contributed by atoms with van der Waals surface area (Å²) in [4.78, 5) is 42.5. The molecule has 2 fully saturated rings. The largest absolute Gasteiger partial charge is 0.468 e. The van der Waals surface area contributed by atoms with Gasteiger partial charge in [-0.05, 0) is 43.1 Å². The number of thiocarbonyl (C=S) groups is 1. The minimum absolute atomic E-state index is 0.0898. The zero-order chi connectivity index (χ0) is 23.7. The maximum absolute atomic E-state index is 13.0. The number of ether oxygens (including phenoxy) is 1. The second-order valence-electron chi connectivity index (χ2n) is 8.63. The number of hydrogen-bond acceptors (Lipinski definition) is 5. The van der Waals surface area contributed by atoms with E-state index in [1.165, 1.54) is 16.9 Å². The molecule has 0 radical (unpaired) electrons. The van der Waals surface area contributed by atoms with Crippen LogP contribution in [0.2, 0.25) is 0 Å². The predicted octanol–water partition coefficient (Wildman–Crippen LogP) is 2.47. The van der Waals surface area contributed by atoms with Crippen molar-refractivity contribution in [2.75, 3.05) is 33.8 Å². The minimum Gasteiger partial charge on any atom is -0.468 e. The molecule has 0 saturated carbocycles. The van der Waals surface area contributed by atoms with E-state index in [1.807, 2.05) is 39.9 Å². The van der Waals surface area contributed by atoms with Crippen LogP contribution in [-0.4, -0.2) is 76.0 Å². The number of rotatable bonds is 5. The van der Waals surface area contributed by atoms with Gasteiger partial charge in [0.15, 0.2) is 5.11 Å². The summed E-state index contributed by atoms with van der Waals surface area (Å²) >= 11 is 5.37. The van der Waals surface area contributed by atoms with Crippen molar-refractivity contribution in [2.24, 2.45) is 5.92 Å². The van der Waals surface area contributed by atoms with E-state index in [0.717, 1.165) is 42.4 Å². The SMILES string of the molecule is COC(=O)CN1C(=S)N(C)C(=O)/C1=C/c1cn(CC(=O)N2CCC(C)CC2)c2ccccc12. The van der Waals surface area contributed by atoms with Crippen LogP contribution in [0, 0.1) is 5.92 Å². The first-order valence-corrected chi connectivity index (χ1v) is 11.4. The van der Waals surface area contributed by atoms with Gasteiger partial charge in [-0.2, -0.15) is 0 Å². The number of benzene rings is 1. The molecule has 0 N–H and O–H groups in total. The number of piperidine rings is 1. The van der Waals surface area contributed by atoms with Gasteiger partial charge >= 0.3 is 5.97 Å². The Morgan fingerprint density at radius 1 is 1.18 bits per heavy atom. The summed E-state index contributed by atoms with van der Waals surface area (Å²) in [6.07, 6.45) is 5.67. The monoisotopic (exact) mass is 468 g/mol. The van der Waals surface area contributed by atoms with Gasteiger partial charge in [0.05, 0.1) is 7.11 Å². The highest BCUT2D eigenvalue weighted by atomic mass is 32.1. The summed E-state index contributed by atoms with van der Waals surface area (Å²) in [6, 6.07) is 7.76. The maximum atomic E-state index is 13.0. The summed E-state index contributed by atoms with van der Waals surface area (Å²) in [5.41, 5.74) is 1.98. The van der Waals surface area contributed by atoms with Gasteiger partial charge in [0.25, 0.3) is 5.91 Å². The molecular formula is C24H28N4O4S. The molecule has 2 saturated heterocycles. The van der Waals surface area contributed by atoms with Gasteiger partial charge in [0.1, 0.15) is 18.8 Å². The first-order valence-electron chi connectivity index (χ1n) is 11.0. The number of methoxy groups -OCH3 is 1. The minimum atomic E-state index is -0.491. The number of carbonyl (C=O) groups excluding carboxylic acids is 3. The van der Waals surface area contributed by atoms with Crippen molar-refractivity contribution in [1.82, 2.24) is 19.3 Å². The molecule has 2 aliphatic heterocycles. The lowest BCUT2D eigenvalue weighted by molar-refractivity contribution is -0.140. The lowest BCUT2D eigenvalue weighted by Crippen LogP contribution is -2.39. The highest BCUT2D eigenvalue weighted by molar-refractivity contribution is 7.80. The fraction of sp³-hybridized carbons (Fsp3) is 0.417. The summed E-state index contributed by atoms with van der Waals surface area (Å²) in [6.45, 7) is 3.88. The third-order valence-corrected chi connectivity index (χ3v) is 6.90. The molecule has 0 bridgehead atoms. The van der Waals surface area contributed by atoms with Crippen LogP contribution < -0.4 is 0 Å². The Labute approximate surface area is 198 Å². The van der Waals surface area contributed by atoms with Crippen molar-refractivity contribution < 1.29 is 19.1 Å². The Hall–Kier alpha value is -3.20. The van der Waals surface area contributed by atoms with E-state index in [1.54, 1.807) is 13.1 Å². The molecule has 3 heterocycles. The smallest absolute Gasteiger partial charge is 0.325 e. The summed E-state index contributed by atoms with van der Waals surface area (Å²) in [7, 11) is 2.88. The van der Waals surface area contributed by atoms with Crippen molar-refractivity contribution in [2.45, 2.75) is 26.3 Å². The number of amides is 2. The second kappa shape index (κ2) is 9.35. The third-order valence-electron chi connectivity index (χ3n) is 6.40. The molecular weight excluding hydrogens is 440 g/mol. The van der Waals surface area contributed by atoms with Gasteiger partial charge in [-0.1, -0.05) is 25.1 Å². The number of para-hydroxylation sites is 1. The van der Waals surface area contributed by atoms with Crippen LogP contribution in [0.5, 0.6) is 0 Å². The molecule has 0 aliphatic carbocycles. The van der Waals surface area contributed by atoms with Gasteiger partial charge in [-0.3, -0.25) is 19.3 Å². The quantitative estimate of drug-likeness (QED) is 0.381. The van der Waals surface area contributed by atoms with Crippen molar-refractivity contribution >= 4 is 52.1 Å². The van der Waals surface area contributed by atoms with E-state index < -0.39 is 5.97 Å². The molecule has 0 unspecified atom stereocenters. The van der Waals surface area contributed by atoms with Crippen LogP contribution in [0.1, 0.15) is 25.3 Å². The van der Waals surface area contributed by atoms with Crippen LogP contribution in [0.4, 0.5) is 0 Å². The molecule has 4 rings (SSSR count). The van der Waals surface area contributed by atoms with Gasteiger partial charge in [-0.15, -0.1) is 0 Å². The van der Waals surface area contributed by atoms with E-state index in [2.05, 4.69) is 6.92 Å². The standard InChI is InChI=1S/C24H28N4O4S/c1-16-8-10-26(11-9-16)21(29)14-27-13-17(18-6-4-5-7-19(18)27)12-20-23(31)25(2)24(33)28(20)15-22(30)32-3/h4-7,12-13,16H,8-11,14-15H2,1-3H3/b20-12-. The average molecular weight is 469 g/mol. The third kappa shape index (κ3) is 4.50. The fourth-order valence-electron chi connectivity index (χ4n) is 4.32. The number of carbonyl (C=O) groups is 3. The zero-order valence-electron chi connectivity index (χ0n) is 19.1. The van der Waals surface area contributed by atoms with Crippen LogP contribution in [0.15, 0.2) is 36.2 Å². The van der Waals surface area contributed by atoms with Crippen molar-refractivity contribution in [1.29, 1.82) is 0 Å². The first-order chi connectivity index (χ1) is 15.8. The Bertz CT molecular complexity index is 1150. The van der Waals surface area contributed by atoms with E-state index >= 15 is 0 Å². The topological polar surface area (TPSA) is 75.1 Å². The Balaban J connectivity index is 1.67. The first kappa shape index (κ1) is 23.0. The number of nitrogens with zero attached hydrogens (tertiary/aromatic N) is 4. The number of esters is 1. The molecule has 1 aromatic heterocycles. The number of hydrogen-bond donors (Lipinski definition) is 0. The Morgan fingerprint density at radius 3 is 2.58 bits per heavy atom. The fourth-order valence-corrected chi connectivity index (χ4v) is 4.56. The average Bonchev–Trinajstić information content (AvgIpc) is 3.25. The van der Waals surface area contributed by atoms with Gasteiger partial charge in [-0.25, -0.2) is 0 Å². The van der Waals surface area contributed by atoms with E-state index in [9.17, 15) is 14.4 Å². The molecule has 9 heteroatoms. The number of likely N-dealkylation sites (tertiary alicyclic amines) is 1. The van der Waals surface area contributed by atoms with Crippen molar-refractivity contribution in [3.63, 3.8) is 0 Å². The molecule has 8 nitrogen and oxygen atoms in total. The Kier molecular flexibility index (Phi) is 6.51. The number of likely N-dealkylation sites (N-methyl/N-ethyl adjacent to an activating group) is 1. The van der Waals surface area contributed by atoms with E-state index in [-0.39, 0.29) is 30.0 Å². The van der Waals surface area contributed by atoms with Gasteiger partial charge in [0.2, 0.25) is 5.91 Å². The van der Waals surface area contributed by atoms with E-state index in [4.69, 9.17) is 17.0 Å². The lowest BCUT2D eigenvalue weighted by Gasteiger charge is -2.30. The molecule has 0 atom stereocenters. The van der Waals surface area contributed by atoms with Gasteiger partial charge in [0, 0.05) is 42.8 Å². The molecule has 174 valence electrons. The molecule has 2 aliphatic rings. The van der Waals surface area contributed by atoms with Crippen molar-refractivity contribution in [3.8, 4) is 0 Å². The number of aromatic nitrogens is 1. The van der Waals surface area contributed by atoms with Crippen molar-refractivity contribution in [3.05, 3.63) is 41.7 Å². The highest BCUT2D eigenvalue weighted by Crippen LogP contribution is 2.28. The molecule has 2 aromatic rings. The molecule has 0 spiro atoms. The van der Waals surface area contributed by atoms with Crippen LogP contribution >= 0.6 is 12.2 Å². The molecule has 33 heavy (non-hydrogen) atoms. The van der Waals surface area contributed by atoms with Crippen LogP contribution in [-0.2, 0) is 25.7 Å². The summed E-state index contributed by atoms with van der Waals surface area (Å²) < 4.78 is 6.69. The summed E-state index contributed by atoms with van der Waals surface area (Å²) in [5, 5.41) is 1.16. The Morgan fingerprint density at radius 2 is 1.88 bits per heavy atom. The van der Waals surface area contributed by atoms with E-state index in [0.29, 0.717) is 11.6 Å². The second-order valence-corrected chi connectivity index (χ2v) is 9.00. The van der Waals surface area contributed by atoms with Crippen LogP contribution in [0.25, 0.3) is 17.0 Å². The predicted molar refractivity (Wildman–Crippen MR) is 129 cm³/mol. The van der Waals surface area contributed by atoms with Crippen LogP contribution in [0.3, 0.4) is 0 Å². The zero-order valence-corrected chi connectivity index (χ0v) is 19.9. The normalized spacial score (nSPS) is 18.6.